The summed E-state index contributed by atoms with van der Waals surface area (Å²) in [4.78, 5) is 0. The Hall–Kier alpha value is -2.06. The van der Waals surface area contributed by atoms with E-state index in [1.165, 1.54) is 22.3 Å². The van der Waals surface area contributed by atoms with Crippen LogP contribution in [0.15, 0.2) is 54.6 Å². The van der Waals surface area contributed by atoms with Crippen molar-refractivity contribution in [3.8, 4) is 16.9 Å². The van der Waals surface area contributed by atoms with Crippen molar-refractivity contribution in [2.75, 3.05) is 14.1 Å². The first-order valence-electron chi connectivity index (χ1n) is 11.6. The molecule has 1 atom stereocenters. The van der Waals surface area contributed by atoms with Crippen molar-refractivity contribution < 1.29 is 4.74 Å². The van der Waals surface area contributed by atoms with Crippen molar-refractivity contribution in [2.45, 2.75) is 78.7 Å². The minimum Gasteiger partial charge on any atom is -0.490 e. The summed E-state index contributed by atoms with van der Waals surface area (Å²) in [7, 11) is 3.75. The Morgan fingerprint density at radius 2 is 1.63 bits per heavy atom. The van der Waals surface area contributed by atoms with Crippen LogP contribution in [0, 0.1) is 0 Å². The molecule has 166 valence electrons. The van der Waals surface area contributed by atoms with Gasteiger partial charge in [0.1, 0.15) is 5.75 Å². The van der Waals surface area contributed by atoms with Gasteiger partial charge >= 0.3 is 0 Å². The number of ether oxygens (including phenoxy) is 1. The standard InChI is InChI=1S/C26H36O.C2H7N/c1-6-9-10-14-21-17-18-26(27-22(8-3)13-7-2)25(19-21)24-16-12-11-15-23(24)20(4)5;1-3-2/h9-12,15-20,22H,6-8,13-14H2,1-5H3;3H,1-2H3/b10-9+;. The fourth-order valence-electron chi connectivity index (χ4n) is 3.50. The second-order valence-electron chi connectivity index (χ2n) is 8.09. The molecular weight excluding hydrogens is 366 g/mol. The van der Waals surface area contributed by atoms with Crippen molar-refractivity contribution in [1.82, 2.24) is 5.32 Å². The molecule has 0 saturated carbocycles. The van der Waals surface area contributed by atoms with E-state index in [9.17, 15) is 0 Å². The number of nitrogens with one attached hydrogen (secondary N) is 1. The van der Waals surface area contributed by atoms with E-state index < -0.39 is 0 Å². The van der Waals surface area contributed by atoms with Crippen LogP contribution in [0.1, 0.15) is 77.3 Å². The van der Waals surface area contributed by atoms with Crippen molar-refractivity contribution in [1.29, 1.82) is 0 Å². The monoisotopic (exact) mass is 409 g/mol. The predicted molar refractivity (Wildman–Crippen MR) is 134 cm³/mol. The second kappa shape index (κ2) is 14.8. The van der Waals surface area contributed by atoms with Crippen molar-refractivity contribution >= 4 is 0 Å². The first-order valence-corrected chi connectivity index (χ1v) is 11.6. The minimum absolute atomic E-state index is 0.283. The molecule has 2 aromatic carbocycles. The molecule has 0 radical (unpaired) electrons. The van der Waals surface area contributed by atoms with Gasteiger partial charge in [0.15, 0.2) is 0 Å². The Morgan fingerprint density at radius 3 is 2.23 bits per heavy atom. The lowest BCUT2D eigenvalue weighted by Gasteiger charge is -2.22. The Bertz CT molecular complexity index is 748. The third kappa shape index (κ3) is 8.36. The highest BCUT2D eigenvalue weighted by Gasteiger charge is 2.16. The zero-order valence-corrected chi connectivity index (χ0v) is 20.3. The van der Waals surface area contributed by atoms with Crippen molar-refractivity contribution in [2.24, 2.45) is 0 Å². The maximum Gasteiger partial charge on any atom is 0.127 e. The van der Waals surface area contributed by atoms with Gasteiger partial charge in [-0.1, -0.05) is 83.5 Å². The lowest BCUT2D eigenvalue weighted by Crippen LogP contribution is -2.15. The summed E-state index contributed by atoms with van der Waals surface area (Å²) in [6.07, 6.45) is 10.1. The lowest BCUT2D eigenvalue weighted by molar-refractivity contribution is 0.186. The fraction of sp³-hybridized carbons (Fsp3) is 0.500. The van der Waals surface area contributed by atoms with Gasteiger partial charge in [0.2, 0.25) is 0 Å². The summed E-state index contributed by atoms with van der Waals surface area (Å²) in [5.41, 5.74) is 5.25. The SMILES string of the molecule is CC/C=C/Cc1ccc(OC(CC)CCC)c(-c2ccccc2C(C)C)c1.CNC. The van der Waals surface area contributed by atoms with Gasteiger partial charge in [-0.05, 0) is 74.5 Å². The van der Waals surface area contributed by atoms with Gasteiger partial charge in [-0.2, -0.15) is 0 Å². The molecule has 0 bridgehead atoms. The smallest absolute Gasteiger partial charge is 0.127 e. The van der Waals surface area contributed by atoms with Gasteiger partial charge in [-0.15, -0.1) is 0 Å². The summed E-state index contributed by atoms with van der Waals surface area (Å²) >= 11 is 0. The van der Waals surface area contributed by atoms with Crippen LogP contribution in [0.3, 0.4) is 0 Å². The van der Waals surface area contributed by atoms with Crippen LogP contribution in [0.5, 0.6) is 5.75 Å². The maximum absolute atomic E-state index is 6.49. The topological polar surface area (TPSA) is 21.3 Å². The van der Waals surface area contributed by atoms with E-state index in [2.05, 4.69) is 94.6 Å². The Labute approximate surface area is 185 Å². The van der Waals surface area contributed by atoms with E-state index in [0.29, 0.717) is 5.92 Å². The van der Waals surface area contributed by atoms with Crippen LogP contribution in [-0.2, 0) is 6.42 Å². The number of hydrogen-bond donors (Lipinski definition) is 1. The molecule has 0 aliphatic heterocycles. The van der Waals surface area contributed by atoms with Crippen LogP contribution in [-0.4, -0.2) is 20.2 Å². The van der Waals surface area contributed by atoms with E-state index in [1.807, 2.05) is 14.1 Å². The lowest BCUT2D eigenvalue weighted by atomic mass is 9.91. The minimum atomic E-state index is 0.283. The highest BCUT2D eigenvalue weighted by atomic mass is 16.5. The quantitative estimate of drug-likeness (QED) is 0.404. The van der Waals surface area contributed by atoms with Crippen LogP contribution in [0.25, 0.3) is 11.1 Å². The third-order valence-electron chi connectivity index (χ3n) is 5.03. The average molecular weight is 410 g/mol. The highest BCUT2D eigenvalue weighted by molar-refractivity contribution is 5.74. The third-order valence-corrected chi connectivity index (χ3v) is 5.03. The normalized spacial score (nSPS) is 12.0. The van der Waals surface area contributed by atoms with E-state index in [-0.39, 0.29) is 6.10 Å². The van der Waals surface area contributed by atoms with Gasteiger partial charge in [-0.3, -0.25) is 0 Å². The van der Waals surface area contributed by atoms with Crippen LogP contribution < -0.4 is 10.1 Å². The Balaban J connectivity index is 0.00000141. The largest absolute Gasteiger partial charge is 0.490 e. The summed E-state index contributed by atoms with van der Waals surface area (Å²) in [5, 5.41) is 2.75. The predicted octanol–water partition coefficient (Wildman–Crippen LogP) is 7.78. The molecule has 0 aliphatic carbocycles. The fourth-order valence-corrected chi connectivity index (χ4v) is 3.50. The molecule has 1 unspecified atom stereocenters. The summed E-state index contributed by atoms with van der Waals surface area (Å²) < 4.78 is 6.49. The van der Waals surface area contributed by atoms with Gasteiger partial charge in [0, 0.05) is 5.56 Å². The molecule has 0 spiro atoms. The van der Waals surface area contributed by atoms with Gasteiger partial charge in [0.05, 0.1) is 6.10 Å². The highest BCUT2D eigenvalue weighted by Crippen LogP contribution is 2.37. The molecule has 0 amide bonds. The molecule has 2 heteroatoms. The molecule has 0 fully saturated rings. The van der Waals surface area contributed by atoms with Crippen LogP contribution in [0.2, 0.25) is 0 Å². The first-order chi connectivity index (χ1) is 14.5. The molecule has 0 aliphatic rings. The number of allylic oxidation sites excluding steroid dienone is 2. The van der Waals surface area contributed by atoms with Gasteiger partial charge in [0.25, 0.3) is 0 Å². The maximum atomic E-state index is 6.49. The Morgan fingerprint density at radius 1 is 0.933 bits per heavy atom. The second-order valence-corrected chi connectivity index (χ2v) is 8.09. The van der Waals surface area contributed by atoms with E-state index in [4.69, 9.17) is 4.74 Å². The molecule has 0 saturated heterocycles. The molecule has 0 aromatic heterocycles. The summed E-state index contributed by atoms with van der Waals surface area (Å²) in [5.74, 6) is 1.50. The first kappa shape index (κ1) is 26.0. The zero-order valence-electron chi connectivity index (χ0n) is 20.3. The number of rotatable bonds is 10. The van der Waals surface area contributed by atoms with E-state index in [0.717, 1.165) is 37.9 Å². The summed E-state index contributed by atoms with van der Waals surface area (Å²) in [6, 6.07) is 15.5. The number of benzene rings is 2. The van der Waals surface area contributed by atoms with Crippen LogP contribution >= 0.6 is 0 Å². The molecule has 1 N–H and O–H groups in total. The Kier molecular flexibility index (Phi) is 12.9. The van der Waals surface area contributed by atoms with E-state index in [1.54, 1.807) is 0 Å². The zero-order chi connectivity index (χ0) is 22.4. The average Bonchev–Trinajstić information content (AvgIpc) is 2.75. The van der Waals surface area contributed by atoms with Gasteiger partial charge < -0.3 is 10.1 Å². The van der Waals surface area contributed by atoms with Crippen molar-refractivity contribution in [3.05, 3.63) is 65.7 Å². The molecule has 2 nitrogen and oxygen atoms in total. The molecule has 2 rings (SSSR count). The molecule has 0 heterocycles. The van der Waals surface area contributed by atoms with Gasteiger partial charge in [-0.25, -0.2) is 0 Å². The van der Waals surface area contributed by atoms with E-state index >= 15 is 0 Å². The van der Waals surface area contributed by atoms with Crippen LogP contribution in [0.4, 0.5) is 0 Å². The summed E-state index contributed by atoms with van der Waals surface area (Å²) in [6.45, 7) is 11.1. The van der Waals surface area contributed by atoms with Crippen molar-refractivity contribution in [3.63, 3.8) is 0 Å². The molecule has 2 aromatic rings. The molecular formula is C28H43NO. The molecule has 30 heavy (non-hydrogen) atoms. The number of hydrogen-bond acceptors (Lipinski definition) is 2.